The lowest BCUT2D eigenvalue weighted by Crippen LogP contribution is -2.22. The molecule has 3 aromatic rings. The molecule has 0 saturated carbocycles. The van der Waals surface area contributed by atoms with E-state index in [2.05, 4.69) is 10.3 Å². The van der Waals surface area contributed by atoms with Crippen LogP contribution in [0.15, 0.2) is 73.1 Å². The Morgan fingerprint density at radius 3 is 2.43 bits per heavy atom. The van der Waals surface area contributed by atoms with E-state index in [4.69, 9.17) is 0 Å². The Kier molecular flexibility index (Phi) is 4.43. The minimum absolute atomic E-state index is 0.302. The van der Waals surface area contributed by atoms with Crippen LogP contribution in [0.5, 0.6) is 0 Å². The summed E-state index contributed by atoms with van der Waals surface area (Å²) < 4.78 is 14.3. The van der Waals surface area contributed by atoms with E-state index in [1.54, 1.807) is 24.5 Å². The van der Waals surface area contributed by atoms with Gasteiger partial charge in [-0.2, -0.15) is 0 Å². The van der Waals surface area contributed by atoms with Gasteiger partial charge in [-0.25, -0.2) is 4.39 Å². The Morgan fingerprint density at radius 2 is 1.74 bits per heavy atom. The maximum absolute atomic E-state index is 14.3. The number of carbonyl (C=O) groups is 1. The summed E-state index contributed by atoms with van der Waals surface area (Å²) in [5.74, 6) is -0.715. The number of hydrogen-bond acceptors (Lipinski definition) is 2. The highest BCUT2D eigenvalue weighted by atomic mass is 19.1. The van der Waals surface area contributed by atoms with Gasteiger partial charge in [-0.1, -0.05) is 36.4 Å². The standard InChI is InChI=1S/C19H15FN2O/c20-18-12-16(6-7-17(18)15-4-2-1-3-5-15)19(23)22-13-14-8-10-21-11-9-14/h1-12H,13H2,(H,22,23). The molecule has 1 amide bonds. The molecule has 3 nitrogen and oxygen atoms in total. The first-order chi connectivity index (χ1) is 11.2. The second-order valence-corrected chi connectivity index (χ2v) is 5.10. The molecule has 114 valence electrons. The maximum atomic E-state index is 14.3. The molecule has 0 aliphatic rings. The van der Waals surface area contributed by atoms with Crippen molar-refractivity contribution in [2.45, 2.75) is 6.54 Å². The molecule has 0 spiro atoms. The summed E-state index contributed by atoms with van der Waals surface area (Å²) in [5.41, 5.74) is 2.51. The van der Waals surface area contributed by atoms with Gasteiger partial charge in [-0.3, -0.25) is 9.78 Å². The number of pyridine rings is 1. The monoisotopic (exact) mass is 306 g/mol. The number of halogens is 1. The normalized spacial score (nSPS) is 10.3. The zero-order valence-electron chi connectivity index (χ0n) is 12.4. The van der Waals surface area contributed by atoms with Crippen molar-refractivity contribution in [2.24, 2.45) is 0 Å². The van der Waals surface area contributed by atoms with Crippen LogP contribution in [0.25, 0.3) is 11.1 Å². The van der Waals surface area contributed by atoms with Gasteiger partial charge < -0.3 is 5.32 Å². The van der Waals surface area contributed by atoms with Gasteiger partial charge in [0.25, 0.3) is 5.91 Å². The molecule has 0 unspecified atom stereocenters. The highest BCUT2D eigenvalue weighted by Crippen LogP contribution is 2.23. The van der Waals surface area contributed by atoms with Crippen molar-refractivity contribution in [1.82, 2.24) is 10.3 Å². The van der Waals surface area contributed by atoms with Crippen LogP contribution in [0.3, 0.4) is 0 Å². The lowest BCUT2D eigenvalue weighted by atomic mass is 10.0. The first-order valence-electron chi connectivity index (χ1n) is 7.26. The van der Waals surface area contributed by atoms with E-state index >= 15 is 0 Å². The Bertz CT molecular complexity index is 804. The number of rotatable bonds is 4. The molecule has 2 aromatic carbocycles. The molecule has 1 N–H and O–H groups in total. The molecule has 0 saturated heterocycles. The maximum Gasteiger partial charge on any atom is 0.251 e. The van der Waals surface area contributed by atoms with E-state index < -0.39 is 5.82 Å². The summed E-state index contributed by atoms with van der Waals surface area (Å²) in [6.07, 6.45) is 3.33. The highest BCUT2D eigenvalue weighted by Gasteiger charge is 2.10. The van der Waals surface area contributed by atoms with Gasteiger partial charge >= 0.3 is 0 Å². The molecule has 4 heteroatoms. The molecule has 0 aliphatic carbocycles. The van der Waals surface area contributed by atoms with E-state index in [9.17, 15) is 9.18 Å². The minimum Gasteiger partial charge on any atom is -0.348 e. The van der Waals surface area contributed by atoms with E-state index in [1.807, 2.05) is 42.5 Å². The summed E-state index contributed by atoms with van der Waals surface area (Å²) in [6, 6.07) is 17.4. The quantitative estimate of drug-likeness (QED) is 0.796. The third-order valence-corrected chi connectivity index (χ3v) is 3.52. The van der Waals surface area contributed by atoms with Gasteiger partial charge in [0.15, 0.2) is 0 Å². The first kappa shape index (κ1) is 14.9. The summed E-state index contributed by atoms with van der Waals surface area (Å²) >= 11 is 0. The highest BCUT2D eigenvalue weighted by molar-refractivity contribution is 5.94. The lowest BCUT2D eigenvalue weighted by molar-refractivity contribution is 0.0950. The molecule has 3 rings (SSSR count). The van der Waals surface area contributed by atoms with Gasteiger partial charge in [0.05, 0.1) is 0 Å². The first-order valence-corrected chi connectivity index (χ1v) is 7.26. The topological polar surface area (TPSA) is 42.0 Å². The van der Waals surface area contributed by atoms with Crippen LogP contribution >= 0.6 is 0 Å². The molecule has 0 atom stereocenters. The number of benzene rings is 2. The van der Waals surface area contributed by atoms with Crippen molar-refractivity contribution < 1.29 is 9.18 Å². The van der Waals surface area contributed by atoms with Crippen molar-refractivity contribution in [3.63, 3.8) is 0 Å². The SMILES string of the molecule is O=C(NCc1ccncc1)c1ccc(-c2ccccc2)c(F)c1. The van der Waals surface area contributed by atoms with Crippen LogP contribution in [0.1, 0.15) is 15.9 Å². The van der Waals surface area contributed by atoms with Crippen LogP contribution in [0.2, 0.25) is 0 Å². The average Bonchev–Trinajstić information content (AvgIpc) is 2.61. The number of hydrogen-bond donors (Lipinski definition) is 1. The van der Waals surface area contributed by atoms with Crippen molar-refractivity contribution in [3.8, 4) is 11.1 Å². The van der Waals surface area contributed by atoms with Crippen LogP contribution in [-0.4, -0.2) is 10.9 Å². The number of nitrogens with zero attached hydrogens (tertiary/aromatic N) is 1. The van der Waals surface area contributed by atoms with Gasteiger partial charge in [-0.05, 0) is 35.4 Å². The molecule has 0 aliphatic heterocycles. The molecule has 0 bridgehead atoms. The Morgan fingerprint density at radius 1 is 1.00 bits per heavy atom. The number of amides is 1. The van der Waals surface area contributed by atoms with Gasteiger partial charge in [-0.15, -0.1) is 0 Å². The second kappa shape index (κ2) is 6.83. The summed E-state index contributed by atoms with van der Waals surface area (Å²) in [5, 5.41) is 2.77. The molecule has 0 fully saturated rings. The number of nitrogens with one attached hydrogen (secondary N) is 1. The number of carbonyl (C=O) groups excluding carboxylic acids is 1. The van der Waals surface area contributed by atoms with Crippen LogP contribution in [-0.2, 0) is 6.54 Å². The zero-order chi connectivity index (χ0) is 16.1. The molecule has 1 aromatic heterocycles. The fraction of sp³-hybridized carbons (Fsp3) is 0.0526. The van der Waals surface area contributed by atoms with Crippen LogP contribution in [0.4, 0.5) is 4.39 Å². The summed E-state index contributed by atoms with van der Waals surface area (Å²) in [6.45, 7) is 0.378. The van der Waals surface area contributed by atoms with E-state index in [-0.39, 0.29) is 5.91 Å². The minimum atomic E-state index is -0.409. The van der Waals surface area contributed by atoms with E-state index in [1.165, 1.54) is 6.07 Å². The molecular weight excluding hydrogens is 291 g/mol. The fourth-order valence-electron chi connectivity index (χ4n) is 2.29. The smallest absolute Gasteiger partial charge is 0.251 e. The van der Waals surface area contributed by atoms with Gasteiger partial charge in [0, 0.05) is 30.1 Å². The number of aromatic nitrogens is 1. The largest absolute Gasteiger partial charge is 0.348 e. The Balaban J connectivity index is 1.73. The van der Waals surface area contributed by atoms with Crippen molar-refractivity contribution in [1.29, 1.82) is 0 Å². The molecule has 1 heterocycles. The van der Waals surface area contributed by atoms with Crippen LogP contribution in [0, 0.1) is 5.82 Å². The van der Waals surface area contributed by atoms with E-state index in [0.29, 0.717) is 17.7 Å². The molecular formula is C19H15FN2O. The van der Waals surface area contributed by atoms with Gasteiger partial charge in [0.2, 0.25) is 0 Å². The third-order valence-electron chi connectivity index (χ3n) is 3.52. The molecule has 23 heavy (non-hydrogen) atoms. The predicted octanol–water partition coefficient (Wildman–Crippen LogP) is 3.82. The van der Waals surface area contributed by atoms with Crippen molar-refractivity contribution in [2.75, 3.05) is 0 Å². The summed E-state index contributed by atoms with van der Waals surface area (Å²) in [7, 11) is 0. The summed E-state index contributed by atoms with van der Waals surface area (Å²) in [4.78, 5) is 16.0. The van der Waals surface area contributed by atoms with Crippen molar-refractivity contribution in [3.05, 3.63) is 90.0 Å². The predicted molar refractivity (Wildman–Crippen MR) is 87.2 cm³/mol. The van der Waals surface area contributed by atoms with Gasteiger partial charge in [0.1, 0.15) is 5.82 Å². The zero-order valence-corrected chi connectivity index (χ0v) is 12.4. The Hall–Kier alpha value is -3.01. The fourth-order valence-corrected chi connectivity index (χ4v) is 2.29. The Labute approximate surface area is 133 Å². The second-order valence-electron chi connectivity index (χ2n) is 5.10. The van der Waals surface area contributed by atoms with E-state index in [0.717, 1.165) is 11.1 Å². The third kappa shape index (κ3) is 3.61. The van der Waals surface area contributed by atoms with Crippen LogP contribution < -0.4 is 5.32 Å². The average molecular weight is 306 g/mol. The lowest BCUT2D eigenvalue weighted by Gasteiger charge is -2.08. The molecule has 0 radical (unpaired) electrons. The van der Waals surface area contributed by atoms with Crippen molar-refractivity contribution >= 4 is 5.91 Å².